The highest BCUT2D eigenvalue weighted by atomic mass is 16.6. The van der Waals surface area contributed by atoms with Crippen molar-refractivity contribution in [1.29, 1.82) is 0 Å². The van der Waals surface area contributed by atoms with Crippen LogP contribution in [0.15, 0.2) is 103 Å². The summed E-state index contributed by atoms with van der Waals surface area (Å²) in [5, 5.41) is 19.7. The van der Waals surface area contributed by atoms with E-state index in [0.29, 0.717) is 39.3 Å². The molecule has 0 radical (unpaired) electrons. The number of allylic oxidation sites excluding steroid dienone is 1. The van der Waals surface area contributed by atoms with Crippen molar-refractivity contribution >= 4 is 35.4 Å². The van der Waals surface area contributed by atoms with E-state index in [0.717, 1.165) is 0 Å². The van der Waals surface area contributed by atoms with Crippen LogP contribution >= 0.6 is 0 Å². The molecule has 0 aliphatic heterocycles. The Morgan fingerprint density at radius 1 is 0.500 bits per heavy atom. The number of esters is 2. The molecule has 0 spiro atoms. The van der Waals surface area contributed by atoms with Crippen molar-refractivity contribution < 1.29 is 53.1 Å². The first kappa shape index (κ1) is 38.9. The van der Waals surface area contributed by atoms with E-state index in [4.69, 9.17) is 18.9 Å². The number of rotatable bonds is 17. The van der Waals surface area contributed by atoms with Gasteiger partial charge in [0.25, 0.3) is 0 Å². The van der Waals surface area contributed by atoms with Gasteiger partial charge in [0.1, 0.15) is 49.1 Å². The third-order valence-corrected chi connectivity index (χ3v) is 7.49. The van der Waals surface area contributed by atoms with Crippen molar-refractivity contribution in [1.82, 2.24) is 0 Å². The van der Waals surface area contributed by atoms with E-state index in [2.05, 4.69) is 0 Å². The maximum atomic E-state index is 12.7. The van der Waals surface area contributed by atoms with E-state index in [1.165, 1.54) is 58.0 Å². The Bertz CT molecular complexity index is 1890. The normalized spacial score (nSPS) is 11.5. The molecule has 2 N–H and O–H groups in total. The summed E-state index contributed by atoms with van der Waals surface area (Å²) in [5.41, 5.74) is -0.615. The second-order valence-corrected chi connectivity index (χ2v) is 12.7. The Morgan fingerprint density at radius 3 is 1.23 bits per heavy atom. The fraction of sp³-hybridized carbons (Fsp3) is 0.244. The zero-order chi connectivity index (χ0) is 37.9. The van der Waals surface area contributed by atoms with Crippen LogP contribution in [0.4, 0.5) is 0 Å². The zero-order valence-electron chi connectivity index (χ0n) is 29.3. The zero-order valence-corrected chi connectivity index (χ0v) is 29.3. The summed E-state index contributed by atoms with van der Waals surface area (Å²) in [6.07, 6.45) is 2.99. The number of ketones is 3. The van der Waals surface area contributed by atoms with E-state index in [9.17, 15) is 34.2 Å². The maximum Gasteiger partial charge on any atom is 0.338 e. The fourth-order valence-corrected chi connectivity index (χ4v) is 4.63. The quantitative estimate of drug-likeness (QED) is 0.0576. The number of ether oxygens (including phenoxy) is 4. The van der Waals surface area contributed by atoms with Gasteiger partial charge in [-0.2, -0.15) is 0 Å². The smallest absolute Gasteiger partial charge is 0.338 e. The first-order chi connectivity index (χ1) is 24.6. The van der Waals surface area contributed by atoms with E-state index in [1.54, 1.807) is 78.9 Å². The largest absolute Gasteiger partial charge is 0.490 e. The Balaban J connectivity index is 1.16. The highest BCUT2D eigenvalue weighted by molar-refractivity contribution is 6.07. The van der Waals surface area contributed by atoms with Gasteiger partial charge in [-0.25, -0.2) is 9.59 Å². The monoisotopic (exact) mass is 708 g/mol. The molecule has 270 valence electrons. The number of benzene rings is 4. The summed E-state index contributed by atoms with van der Waals surface area (Å²) >= 11 is 0. The van der Waals surface area contributed by atoms with Gasteiger partial charge < -0.3 is 29.2 Å². The lowest BCUT2D eigenvalue weighted by molar-refractivity contribution is 0.0442. The predicted octanol–water partition coefficient (Wildman–Crippen LogP) is 5.96. The van der Waals surface area contributed by atoms with Crippen LogP contribution in [0.1, 0.15) is 85.0 Å². The minimum atomic E-state index is -1.48. The van der Waals surface area contributed by atoms with Crippen molar-refractivity contribution in [2.24, 2.45) is 0 Å². The molecule has 0 amide bonds. The minimum absolute atomic E-state index is 0.00377. The third-order valence-electron chi connectivity index (χ3n) is 7.49. The predicted molar refractivity (Wildman–Crippen MR) is 192 cm³/mol. The maximum absolute atomic E-state index is 12.7. The topological polar surface area (TPSA) is 163 Å². The number of hydrogen-bond donors (Lipinski definition) is 2. The molecule has 52 heavy (non-hydrogen) atoms. The Kier molecular flexibility index (Phi) is 13.0. The number of carbonyl (C=O) groups excluding carboxylic acids is 5. The lowest BCUT2D eigenvalue weighted by Crippen LogP contribution is -2.30. The SMILES string of the molecule is CC(C)(O)C(=O)c1ccc(OCCOC(=O)c2ccc(/C=C/C(=O)c3ccc(C(=O)OCCOc4ccc(C(=O)C(C)(C)O)cc4)cc3)cc2)cc1. The Labute approximate surface area is 301 Å². The molecule has 0 fully saturated rings. The molecule has 0 saturated carbocycles. The molecule has 4 aromatic carbocycles. The number of aliphatic hydroxyl groups is 2. The van der Waals surface area contributed by atoms with Gasteiger partial charge in [-0.3, -0.25) is 14.4 Å². The molecule has 0 atom stereocenters. The fourth-order valence-electron chi connectivity index (χ4n) is 4.63. The summed E-state index contributed by atoms with van der Waals surface area (Å²) < 4.78 is 21.6. The van der Waals surface area contributed by atoms with Gasteiger partial charge in [-0.1, -0.05) is 30.3 Å². The molecule has 0 heterocycles. The van der Waals surface area contributed by atoms with Gasteiger partial charge in [0.05, 0.1) is 11.1 Å². The highest BCUT2D eigenvalue weighted by Crippen LogP contribution is 2.19. The lowest BCUT2D eigenvalue weighted by atomic mass is 9.97. The van der Waals surface area contributed by atoms with Gasteiger partial charge in [-0.05, 0) is 112 Å². The molecule has 4 rings (SSSR count). The second kappa shape index (κ2) is 17.3. The van der Waals surface area contributed by atoms with Crippen molar-refractivity contribution in [3.8, 4) is 11.5 Å². The average Bonchev–Trinajstić information content (AvgIpc) is 3.13. The molecular weight excluding hydrogens is 668 g/mol. The molecule has 0 unspecified atom stereocenters. The van der Waals surface area contributed by atoms with Crippen LogP contribution in [0.3, 0.4) is 0 Å². The van der Waals surface area contributed by atoms with Crippen LogP contribution in [-0.2, 0) is 9.47 Å². The Morgan fingerprint density at radius 2 is 0.846 bits per heavy atom. The van der Waals surface area contributed by atoms with E-state index >= 15 is 0 Å². The number of Topliss-reactive ketones (excluding diaryl/α,β-unsaturated/α-hetero) is 2. The highest BCUT2D eigenvalue weighted by Gasteiger charge is 2.26. The first-order valence-corrected chi connectivity index (χ1v) is 16.4. The molecule has 0 saturated heterocycles. The van der Waals surface area contributed by atoms with Crippen molar-refractivity contribution in [3.05, 3.63) is 137 Å². The minimum Gasteiger partial charge on any atom is -0.490 e. The summed E-state index contributed by atoms with van der Waals surface area (Å²) in [4.78, 5) is 61.8. The first-order valence-electron chi connectivity index (χ1n) is 16.4. The van der Waals surface area contributed by atoms with Gasteiger partial charge in [0.15, 0.2) is 17.3 Å². The molecule has 0 bridgehead atoms. The third kappa shape index (κ3) is 11.3. The van der Waals surface area contributed by atoms with Crippen LogP contribution in [-0.4, -0.2) is 77.1 Å². The van der Waals surface area contributed by atoms with Crippen molar-refractivity contribution in [3.63, 3.8) is 0 Å². The number of hydrogen-bond acceptors (Lipinski definition) is 11. The molecule has 0 aliphatic carbocycles. The van der Waals surface area contributed by atoms with E-state index < -0.39 is 34.7 Å². The van der Waals surface area contributed by atoms with E-state index in [-0.39, 0.29) is 37.8 Å². The molecule has 0 aliphatic rings. The molecule has 0 aromatic heterocycles. The van der Waals surface area contributed by atoms with Crippen molar-refractivity contribution in [2.75, 3.05) is 26.4 Å². The summed E-state index contributed by atoms with van der Waals surface area (Å²) in [6, 6.07) is 25.1. The van der Waals surface area contributed by atoms with Crippen molar-refractivity contribution in [2.45, 2.75) is 38.9 Å². The Hall–Kier alpha value is -5.91. The van der Waals surface area contributed by atoms with Gasteiger partial charge in [-0.15, -0.1) is 0 Å². The van der Waals surface area contributed by atoms with Crippen LogP contribution in [0, 0.1) is 0 Å². The average molecular weight is 709 g/mol. The van der Waals surface area contributed by atoms with Crippen LogP contribution in [0.5, 0.6) is 11.5 Å². The van der Waals surface area contributed by atoms with Crippen LogP contribution in [0.2, 0.25) is 0 Å². The van der Waals surface area contributed by atoms with Gasteiger partial charge >= 0.3 is 11.9 Å². The van der Waals surface area contributed by atoms with Gasteiger partial charge in [0.2, 0.25) is 0 Å². The molecular formula is C41H40O11. The summed E-state index contributed by atoms with van der Waals surface area (Å²) in [5.74, 6) is -1.26. The molecule has 11 heteroatoms. The van der Waals surface area contributed by atoms with Crippen LogP contribution in [0.25, 0.3) is 6.08 Å². The summed E-state index contributed by atoms with van der Waals surface area (Å²) in [7, 11) is 0. The number of carbonyl (C=O) groups is 5. The lowest BCUT2D eigenvalue weighted by Gasteiger charge is -2.15. The standard InChI is InChI=1S/C41H40O11/c1-40(2,47)36(43)29-14-18-33(19-15-29)49-23-25-51-38(45)31-8-5-27(6-9-31)7-22-35(42)28-10-12-32(13-11-28)39(46)52-26-24-50-34-20-16-30(17-21-34)37(44)41(3,4)48/h5-22,47-48H,23-26H2,1-4H3/b22-7+. The van der Waals surface area contributed by atoms with Crippen LogP contribution < -0.4 is 9.47 Å². The summed E-state index contributed by atoms with van der Waals surface area (Å²) in [6.45, 7) is 5.82. The molecule has 4 aromatic rings. The second-order valence-electron chi connectivity index (χ2n) is 12.7. The molecule has 11 nitrogen and oxygen atoms in total. The van der Waals surface area contributed by atoms with Gasteiger partial charge in [0, 0.05) is 16.7 Å². The van der Waals surface area contributed by atoms with E-state index in [1.807, 2.05) is 0 Å².